The van der Waals surface area contributed by atoms with Crippen LogP contribution in [-0.4, -0.2) is 23.6 Å². The fourth-order valence-corrected chi connectivity index (χ4v) is 2.05. The van der Waals surface area contributed by atoms with Crippen molar-refractivity contribution >= 4 is 5.91 Å². The molecule has 0 aromatic heterocycles. The van der Waals surface area contributed by atoms with Crippen molar-refractivity contribution in [2.45, 2.75) is 31.7 Å². The van der Waals surface area contributed by atoms with Crippen molar-refractivity contribution < 1.29 is 9.90 Å². The third kappa shape index (κ3) is 3.47. The van der Waals surface area contributed by atoms with Gasteiger partial charge in [-0.05, 0) is 42.9 Å². The summed E-state index contributed by atoms with van der Waals surface area (Å²) in [4.78, 5) is 11.8. The van der Waals surface area contributed by atoms with Gasteiger partial charge in [-0.25, -0.2) is 0 Å². The Morgan fingerprint density at radius 1 is 1.39 bits per heavy atom. The van der Waals surface area contributed by atoms with Crippen LogP contribution in [0.5, 0.6) is 5.75 Å². The highest BCUT2D eigenvalue weighted by Gasteiger charge is 2.20. The van der Waals surface area contributed by atoms with Gasteiger partial charge in [0, 0.05) is 6.54 Å². The van der Waals surface area contributed by atoms with E-state index in [2.05, 4.69) is 5.32 Å². The molecule has 0 saturated heterocycles. The van der Waals surface area contributed by atoms with E-state index in [-0.39, 0.29) is 11.7 Å². The van der Waals surface area contributed by atoms with Gasteiger partial charge in [-0.15, -0.1) is 0 Å². The number of nitrogens with one attached hydrogen (secondary N) is 1. The molecule has 1 aromatic carbocycles. The van der Waals surface area contributed by atoms with Crippen LogP contribution in [0.3, 0.4) is 0 Å². The minimum absolute atomic E-state index is 0.0880. The molecule has 1 amide bonds. The lowest BCUT2D eigenvalue weighted by Crippen LogP contribution is -2.44. The average Bonchev–Trinajstić information content (AvgIpc) is 2.30. The van der Waals surface area contributed by atoms with Crippen LogP contribution >= 0.6 is 0 Å². The summed E-state index contributed by atoms with van der Waals surface area (Å²) in [5, 5.41) is 12.1. The summed E-state index contributed by atoms with van der Waals surface area (Å²) in [5.74, 6) is 0.784. The van der Waals surface area contributed by atoms with Gasteiger partial charge in [-0.3, -0.25) is 4.79 Å². The van der Waals surface area contributed by atoms with Crippen LogP contribution in [0.15, 0.2) is 24.3 Å². The molecule has 0 unspecified atom stereocenters. The van der Waals surface area contributed by atoms with E-state index in [1.54, 1.807) is 24.3 Å². The molecule has 18 heavy (non-hydrogen) atoms. The van der Waals surface area contributed by atoms with Crippen LogP contribution < -0.4 is 11.1 Å². The number of rotatable bonds is 5. The normalized spacial score (nSPS) is 16.9. The molecular formula is C14H20N2O2. The van der Waals surface area contributed by atoms with E-state index in [0.717, 1.165) is 12.1 Å². The topological polar surface area (TPSA) is 75.3 Å². The Labute approximate surface area is 107 Å². The Hall–Kier alpha value is -1.55. The molecule has 4 heteroatoms. The molecule has 4 nitrogen and oxygen atoms in total. The standard InChI is InChI=1S/C14H20N2O2/c15-13(8-10-4-6-12(17)7-5-10)14(18)16-9-11-2-1-3-11/h4-7,11,13,17H,1-3,8-9,15H2,(H,16,18)/t13-/m0/s1. The van der Waals surface area contributed by atoms with Crippen molar-refractivity contribution in [2.75, 3.05) is 6.54 Å². The SMILES string of the molecule is N[C@@H](Cc1ccc(O)cc1)C(=O)NCC1CCC1. The Kier molecular flexibility index (Phi) is 4.20. The van der Waals surface area contributed by atoms with Crippen molar-refractivity contribution in [1.82, 2.24) is 5.32 Å². The van der Waals surface area contributed by atoms with Crippen LogP contribution in [0.4, 0.5) is 0 Å². The molecule has 1 aliphatic carbocycles. The summed E-state index contributed by atoms with van der Waals surface area (Å²) in [5.41, 5.74) is 6.82. The first kappa shape index (κ1) is 12.9. The number of hydrogen-bond acceptors (Lipinski definition) is 3. The van der Waals surface area contributed by atoms with E-state index in [4.69, 9.17) is 10.8 Å². The Bertz CT molecular complexity index is 399. The summed E-state index contributed by atoms with van der Waals surface area (Å²) in [6.45, 7) is 0.752. The highest BCUT2D eigenvalue weighted by atomic mass is 16.3. The smallest absolute Gasteiger partial charge is 0.237 e. The number of benzene rings is 1. The summed E-state index contributed by atoms with van der Waals surface area (Å²) in [6.07, 6.45) is 4.21. The van der Waals surface area contributed by atoms with Crippen LogP contribution in [0.25, 0.3) is 0 Å². The number of nitrogens with two attached hydrogens (primary N) is 1. The van der Waals surface area contributed by atoms with E-state index in [1.165, 1.54) is 19.3 Å². The maximum Gasteiger partial charge on any atom is 0.237 e. The average molecular weight is 248 g/mol. The number of carbonyl (C=O) groups excluding carboxylic acids is 1. The zero-order valence-electron chi connectivity index (χ0n) is 10.4. The van der Waals surface area contributed by atoms with Crippen molar-refractivity contribution in [1.29, 1.82) is 0 Å². The first-order chi connectivity index (χ1) is 8.65. The highest BCUT2D eigenvalue weighted by molar-refractivity contribution is 5.81. The van der Waals surface area contributed by atoms with E-state index >= 15 is 0 Å². The summed E-state index contributed by atoms with van der Waals surface area (Å²) in [6, 6.07) is 6.26. The van der Waals surface area contributed by atoms with E-state index in [1.807, 2.05) is 0 Å². The van der Waals surface area contributed by atoms with Crippen molar-refractivity contribution in [2.24, 2.45) is 11.7 Å². The second kappa shape index (κ2) is 5.87. The lowest BCUT2D eigenvalue weighted by molar-refractivity contribution is -0.122. The van der Waals surface area contributed by atoms with E-state index in [9.17, 15) is 4.79 Å². The fraction of sp³-hybridized carbons (Fsp3) is 0.500. The van der Waals surface area contributed by atoms with Crippen LogP contribution in [0, 0.1) is 5.92 Å². The Morgan fingerprint density at radius 3 is 2.61 bits per heavy atom. The quantitative estimate of drug-likeness (QED) is 0.732. The second-order valence-electron chi connectivity index (χ2n) is 5.02. The predicted octanol–water partition coefficient (Wildman–Crippen LogP) is 1.18. The third-order valence-corrected chi connectivity index (χ3v) is 3.52. The van der Waals surface area contributed by atoms with Crippen LogP contribution in [-0.2, 0) is 11.2 Å². The molecule has 2 rings (SSSR count). The second-order valence-corrected chi connectivity index (χ2v) is 5.02. The highest BCUT2D eigenvalue weighted by Crippen LogP contribution is 2.25. The molecule has 0 aliphatic heterocycles. The number of carbonyl (C=O) groups is 1. The largest absolute Gasteiger partial charge is 0.508 e. The van der Waals surface area contributed by atoms with Gasteiger partial charge in [-0.2, -0.15) is 0 Å². The van der Waals surface area contributed by atoms with Crippen molar-refractivity contribution in [3.05, 3.63) is 29.8 Å². The van der Waals surface area contributed by atoms with Gasteiger partial charge in [0.2, 0.25) is 5.91 Å². The lowest BCUT2D eigenvalue weighted by Gasteiger charge is -2.26. The van der Waals surface area contributed by atoms with E-state index < -0.39 is 6.04 Å². The van der Waals surface area contributed by atoms with Gasteiger partial charge in [0.15, 0.2) is 0 Å². The van der Waals surface area contributed by atoms with Gasteiger partial charge >= 0.3 is 0 Å². The monoisotopic (exact) mass is 248 g/mol. The van der Waals surface area contributed by atoms with Crippen molar-refractivity contribution in [3.8, 4) is 5.75 Å². The zero-order valence-corrected chi connectivity index (χ0v) is 10.4. The minimum Gasteiger partial charge on any atom is -0.508 e. The van der Waals surface area contributed by atoms with Gasteiger partial charge < -0.3 is 16.2 Å². The summed E-state index contributed by atoms with van der Waals surface area (Å²) >= 11 is 0. The maximum absolute atomic E-state index is 11.8. The molecule has 4 N–H and O–H groups in total. The molecule has 0 spiro atoms. The van der Waals surface area contributed by atoms with Gasteiger partial charge in [-0.1, -0.05) is 18.6 Å². The fourth-order valence-electron chi connectivity index (χ4n) is 2.05. The number of phenols is 1. The zero-order chi connectivity index (χ0) is 13.0. The molecular weight excluding hydrogens is 228 g/mol. The molecule has 98 valence electrons. The molecule has 0 bridgehead atoms. The van der Waals surface area contributed by atoms with Crippen LogP contribution in [0.1, 0.15) is 24.8 Å². The molecule has 1 aromatic rings. The molecule has 1 aliphatic rings. The summed E-state index contributed by atoms with van der Waals surface area (Å²) in [7, 11) is 0. The summed E-state index contributed by atoms with van der Waals surface area (Å²) < 4.78 is 0. The number of hydrogen-bond donors (Lipinski definition) is 3. The number of phenolic OH excluding ortho intramolecular Hbond substituents is 1. The first-order valence-corrected chi connectivity index (χ1v) is 6.46. The predicted molar refractivity (Wildman–Crippen MR) is 70.1 cm³/mol. The van der Waals surface area contributed by atoms with Gasteiger partial charge in [0.1, 0.15) is 5.75 Å². The minimum atomic E-state index is -0.519. The molecule has 1 fully saturated rings. The maximum atomic E-state index is 11.8. The molecule has 1 atom stereocenters. The Balaban J connectivity index is 1.77. The van der Waals surface area contributed by atoms with Crippen LogP contribution in [0.2, 0.25) is 0 Å². The number of aromatic hydroxyl groups is 1. The molecule has 0 heterocycles. The Morgan fingerprint density at radius 2 is 2.06 bits per heavy atom. The lowest BCUT2D eigenvalue weighted by atomic mass is 9.85. The van der Waals surface area contributed by atoms with Gasteiger partial charge in [0.05, 0.1) is 6.04 Å². The molecule has 0 radical (unpaired) electrons. The first-order valence-electron chi connectivity index (χ1n) is 6.46. The number of amides is 1. The third-order valence-electron chi connectivity index (χ3n) is 3.52. The van der Waals surface area contributed by atoms with E-state index in [0.29, 0.717) is 12.3 Å². The molecule has 1 saturated carbocycles. The van der Waals surface area contributed by atoms with Gasteiger partial charge in [0.25, 0.3) is 0 Å². The van der Waals surface area contributed by atoms with Crippen molar-refractivity contribution in [3.63, 3.8) is 0 Å².